The van der Waals surface area contributed by atoms with Crippen LogP contribution in [0, 0.1) is 6.92 Å². The van der Waals surface area contributed by atoms with Crippen LogP contribution in [0.5, 0.6) is 11.5 Å². The Morgan fingerprint density at radius 2 is 1.86 bits per heavy atom. The molecule has 1 aliphatic heterocycles. The molecule has 1 aromatic heterocycles. The minimum atomic E-state index is -0.638. The average molecular weight is 528 g/mol. The van der Waals surface area contributed by atoms with Crippen molar-refractivity contribution in [1.82, 2.24) is 4.90 Å². The zero-order valence-corrected chi connectivity index (χ0v) is 22.8. The molecule has 1 unspecified atom stereocenters. The van der Waals surface area contributed by atoms with E-state index in [2.05, 4.69) is 6.92 Å². The molecule has 2 heterocycles. The van der Waals surface area contributed by atoms with E-state index in [-0.39, 0.29) is 23.2 Å². The van der Waals surface area contributed by atoms with Crippen LogP contribution < -0.4 is 14.9 Å². The number of methoxy groups -OCH3 is 1. The van der Waals surface area contributed by atoms with Gasteiger partial charge in [0.05, 0.1) is 36.8 Å². The standard InChI is InChI=1S/C29H34ClNO6/c1-6-7-12-36-22-10-9-19(15-24(22)34-5)26-25-27(32)20-16-21(30)18(4)14-23(20)37-28(25)29(33)31(26)11-8-13-35-17(2)3/h9-10,14-17,26H,6-8,11-13H2,1-5H3. The van der Waals surface area contributed by atoms with Gasteiger partial charge in [0.15, 0.2) is 16.9 Å². The van der Waals surface area contributed by atoms with Crippen LogP contribution in [-0.4, -0.2) is 43.8 Å². The van der Waals surface area contributed by atoms with E-state index < -0.39 is 6.04 Å². The van der Waals surface area contributed by atoms with Gasteiger partial charge in [-0.25, -0.2) is 0 Å². The summed E-state index contributed by atoms with van der Waals surface area (Å²) < 4.78 is 23.3. The van der Waals surface area contributed by atoms with Gasteiger partial charge in [0, 0.05) is 18.2 Å². The highest BCUT2D eigenvalue weighted by atomic mass is 35.5. The van der Waals surface area contributed by atoms with Crippen molar-refractivity contribution in [2.45, 2.75) is 59.1 Å². The molecule has 0 saturated heterocycles. The summed E-state index contributed by atoms with van der Waals surface area (Å²) in [6, 6.07) is 8.21. The van der Waals surface area contributed by atoms with E-state index in [1.54, 1.807) is 24.1 Å². The molecule has 4 rings (SSSR count). The normalized spacial score (nSPS) is 15.1. The SMILES string of the molecule is CCCCOc1ccc(C2c3c(oc4cc(C)c(Cl)cc4c3=O)C(=O)N2CCCOC(C)C)cc1OC. The molecule has 1 amide bonds. The molecule has 1 atom stereocenters. The van der Waals surface area contributed by atoms with Crippen molar-refractivity contribution in [3.63, 3.8) is 0 Å². The average Bonchev–Trinajstić information content (AvgIpc) is 3.15. The van der Waals surface area contributed by atoms with Crippen LogP contribution in [0.1, 0.15) is 73.3 Å². The minimum absolute atomic E-state index is 0.0660. The first-order valence-corrected chi connectivity index (χ1v) is 13.1. The molecule has 0 fully saturated rings. The second kappa shape index (κ2) is 11.6. The smallest absolute Gasteiger partial charge is 0.290 e. The van der Waals surface area contributed by atoms with Gasteiger partial charge in [0.25, 0.3) is 5.91 Å². The number of unbranched alkanes of at least 4 members (excludes halogenated alkanes) is 1. The summed E-state index contributed by atoms with van der Waals surface area (Å²) in [6.07, 6.45) is 2.65. The molecule has 3 aromatic rings. The van der Waals surface area contributed by atoms with Crippen molar-refractivity contribution in [3.8, 4) is 11.5 Å². The Kier molecular flexibility index (Phi) is 8.45. The van der Waals surface area contributed by atoms with Crippen LogP contribution in [0.3, 0.4) is 0 Å². The lowest BCUT2D eigenvalue weighted by Crippen LogP contribution is -2.31. The number of amides is 1. The number of halogens is 1. The van der Waals surface area contributed by atoms with Gasteiger partial charge in [0.1, 0.15) is 5.58 Å². The first-order chi connectivity index (χ1) is 17.8. The Labute approximate surface area is 222 Å². The fraction of sp³-hybridized carbons (Fsp3) is 0.448. The highest BCUT2D eigenvalue weighted by molar-refractivity contribution is 6.32. The Morgan fingerprint density at radius 1 is 1.08 bits per heavy atom. The number of benzene rings is 2. The van der Waals surface area contributed by atoms with Crippen molar-refractivity contribution >= 4 is 28.5 Å². The molecule has 0 spiro atoms. The second-order valence-electron chi connectivity index (χ2n) is 9.56. The molecule has 0 N–H and O–H groups in total. The Hall–Kier alpha value is -3.03. The molecule has 2 aromatic carbocycles. The van der Waals surface area contributed by atoms with Crippen molar-refractivity contribution < 1.29 is 23.4 Å². The molecule has 0 bridgehead atoms. The van der Waals surface area contributed by atoms with E-state index >= 15 is 0 Å². The van der Waals surface area contributed by atoms with Gasteiger partial charge in [-0.1, -0.05) is 31.0 Å². The predicted octanol–water partition coefficient (Wildman–Crippen LogP) is 6.30. The largest absolute Gasteiger partial charge is 0.493 e. The topological polar surface area (TPSA) is 78.2 Å². The molecule has 7 nitrogen and oxygen atoms in total. The number of hydrogen-bond donors (Lipinski definition) is 0. The van der Waals surface area contributed by atoms with Crippen LogP contribution in [0.15, 0.2) is 39.5 Å². The van der Waals surface area contributed by atoms with E-state index in [1.165, 1.54) is 0 Å². The second-order valence-corrected chi connectivity index (χ2v) is 9.97. The third-order valence-corrected chi connectivity index (χ3v) is 6.91. The van der Waals surface area contributed by atoms with Crippen molar-refractivity contribution in [3.05, 3.63) is 68.0 Å². The van der Waals surface area contributed by atoms with E-state index in [1.807, 2.05) is 39.0 Å². The summed E-state index contributed by atoms with van der Waals surface area (Å²) in [5.74, 6) is 0.907. The van der Waals surface area contributed by atoms with Gasteiger partial charge < -0.3 is 23.5 Å². The molecular formula is C29H34ClNO6. The number of rotatable bonds is 11. The van der Waals surface area contributed by atoms with Crippen LogP contribution in [-0.2, 0) is 4.74 Å². The molecule has 198 valence electrons. The zero-order chi connectivity index (χ0) is 26.7. The van der Waals surface area contributed by atoms with Crippen LogP contribution in [0.4, 0.5) is 0 Å². The monoisotopic (exact) mass is 527 g/mol. The molecule has 8 heteroatoms. The predicted molar refractivity (Wildman–Crippen MR) is 144 cm³/mol. The van der Waals surface area contributed by atoms with Gasteiger partial charge in [-0.3, -0.25) is 9.59 Å². The first-order valence-electron chi connectivity index (χ1n) is 12.8. The number of hydrogen-bond acceptors (Lipinski definition) is 6. The fourth-order valence-electron chi connectivity index (χ4n) is 4.57. The van der Waals surface area contributed by atoms with Crippen molar-refractivity contribution in [2.75, 3.05) is 26.9 Å². The van der Waals surface area contributed by atoms with E-state index in [0.717, 1.165) is 24.0 Å². The maximum absolute atomic E-state index is 13.8. The third-order valence-electron chi connectivity index (χ3n) is 6.50. The van der Waals surface area contributed by atoms with E-state index in [0.29, 0.717) is 59.2 Å². The summed E-state index contributed by atoms with van der Waals surface area (Å²) >= 11 is 6.34. The Bertz CT molecular complexity index is 1350. The van der Waals surface area contributed by atoms with Crippen molar-refractivity contribution in [1.29, 1.82) is 0 Å². The molecule has 37 heavy (non-hydrogen) atoms. The maximum atomic E-state index is 13.8. The Morgan fingerprint density at radius 3 is 2.57 bits per heavy atom. The summed E-state index contributed by atoms with van der Waals surface area (Å²) in [4.78, 5) is 29.1. The number of nitrogens with zero attached hydrogens (tertiary/aromatic N) is 1. The lowest BCUT2D eigenvalue weighted by molar-refractivity contribution is 0.0593. The molecule has 1 aliphatic rings. The van der Waals surface area contributed by atoms with Gasteiger partial charge in [-0.2, -0.15) is 0 Å². The van der Waals surface area contributed by atoms with E-state index in [9.17, 15) is 9.59 Å². The molecule has 0 aliphatic carbocycles. The maximum Gasteiger partial charge on any atom is 0.290 e. The summed E-state index contributed by atoms with van der Waals surface area (Å²) in [5.41, 5.74) is 1.90. The minimum Gasteiger partial charge on any atom is -0.493 e. The molecule has 0 radical (unpaired) electrons. The summed E-state index contributed by atoms with van der Waals surface area (Å²) in [5, 5.41) is 0.821. The lowest BCUT2D eigenvalue weighted by atomic mass is 9.97. The number of aryl methyl sites for hydroxylation is 1. The third kappa shape index (κ3) is 5.48. The zero-order valence-electron chi connectivity index (χ0n) is 22.1. The quantitative estimate of drug-likeness (QED) is 0.272. The lowest BCUT2D eigenvalue weighted by Gasteiger charge is -2.26. The molecular weight excluding hydrogens is 494 g/mol. The van der Waals surface area contributed by atoms with Crippen LogP contribution in [0.2, 0.25) is 5.02 Å². The fourth-order valence-corrected chi connectivity index (χ4v) is 4.74. The number of carbonyl (C=O) groups is 1. The molecule has 0 saturated carbocycles. The highest BCUT2D eigenvalue weighted by Gasteiger charge is 2.42. The first kappa shape index (κ1) is 27.0. The number of carbonyl (C=O) groups excluding carboxylic acids is 1. The van der Waals surface area contributed by atoms with Gasteiger partial charge >= 0.3 is 0 Å². The van der Waals surface area contributed by atoms with Crippen LogP contribution >= 0.6 is 11.6 Å². The van der Waals surface area contributed by atoms with E-state index in [4.69, 9.17) is 30.2 Å². The highest BCUT2D eigenvalue weighted by Crippen LogP contribution is 2.41. The van der Waals surface area contributed by atoms with Gasteiger partial charge in [-0.05, 0) is 69.0 Å². The summed E-state index contributed by atoms with van der Waals surface area (Å²) in [7, 11) is 1.58. The van der Waals surface area contributed by atoms with Crippen molar-refractivity contribution in [2.24, 2.45) is 0 Å². The number of fused-ring (bicyclic) bond motifs is 2. The van der Waals surface area contributed by atoms with Crippen LogP contribution in [0.25, 0.3) is 11.0 Å². The van der Waals surface area contributed by atoms with Gasteiger partial charge in [-0.15, -0.1) is 0 Å². The van der Waals surface area contributed by atoms with Gasteiger partial charge in [0.2, 0.25) is 5.76 Å². The number of ether oxygens (including phenoxy) is 3. The summed E-state index contributed by atoms with van der Waals surface area (Å²) in [6.45, 7) is 9.34. The Balaban J connectivity index is 1.81.